The molecule has 0 aliphatic carbocycles. The highest BCUT2D eigenvalue weighted by molar-refractivity contribution is 7.15. The lowest BCUT2D eigenvalue weighted by Gasteiger charge is -2.17. The van der Waals surface area contributed by atoms with Gasteiger partial charge in [0.2, 0.25) is 0 Å². The predicted molar refractivity (Wildman–Crippen MR) is 77.5 cm³/mol. The maximum atomic E-state index is 5.96. The Labute approximate surface area is 114 Å². The van der Waals surface area contributed by atoms with Crippen molar-refractivity contribution in [3.8, 4) is 10.6 Å². The summed E-state index contributed by atoms with van der Waals surface area (Å²) < 4.78 is 9.32. The van der Waals surface area contributed by atoms with Gasteiger partial charge < -0.3 is 15.4 Å². The monoisotopic (exact) mass is 284 g/mol. The van der Waals surface area contributed by atoms with Crippen LogP contribution in [0, 0.1) is 6.92 Å². The first kappa shape index (κ1) is 13.3. The maximum absolute atomic E-state index is 5.96. The SMILES string of the molecule is COCCN(C)c1snc(N)c1-c1nc(C)cs1. The van der Waals surface area contributed by atoms with Crippen molar-refractivity contribution in [3.05, 3.63) is 11.1 Å². The molecular weight excluding hydrogens is 268 g/mol. The number of nitrogens with two attached hydrogens (primary N) is 1. The van der Waals surface area contributed by atoms with Gasteiger partial charge in [0, 0.05) is 31.8 Å². The first-order valence-corrected chi connectivity index (χ1v) is 7.16. The third kappa shape index (κ3) is 2.63. The molecule has 2 rings (SSSR count). The molecule has 2 heterocycles. The third-order valence-electron chi connectivity index (χ3n) is 2.51. The fraction of sp³-hybridized carbons (Fsp3) is 0.455. The van der Waals surface area contributed by atoms with Crippen LogP contribution in [0.5, 0.6) is 0 Å². The van der Waals surface area contributed by atoms with Crippen molar-refractivity contribution in [2.24, 2.45) is 0 Å². The van der Waals surface area contributed by atoms with Gasteiger partial charge in [0.1, 0.15) is 15.8 Å². The number of aryl methyl sites for hydroxylation is 1. The van der Waals surface area contributed by atoms with E-state index >= 15 is 0 Å². The number of anilines is 2. The minimum Gasteiger partial charge on any atom is -0.383 e. The van der Waals surface area contributed by atoms with Crippen molar-refractivity contribution in [1.82, 2.24) is 9.36 Å². The Kier molecular flexibility index (Phi) is 4.15. The zero-order valence-corrected chi connectivity index (χ0v) is 12.3. The van der Waals surface area contributed by atoms with Gasteiger partial charge in [0.25, 0.3) is 0 Å². The zero-order valence-electron chi connectivity index (χ0n) is 10.6. The van der Waals surface area contributed by atoms with E-state index in [1.54, 1.807) is 18.4 Å². The molecule has 7 heteroatoms. The molecule has 2 aromatic heterocycles. The van der Waals surface area contributed by atoms with Gasteiger partial charge in [-0.3, -0.25) is 0 Å². The number of rotatable bonds is 5. The predicted octanol–water partition coefficient (Wildman–Crippen LogP) is 2.24. The van der Waals surface area contributed by atoms with E-state index in [1.807, 2.05) is 19.4 Å². The van der Waals surface area contributed by atoms with Crippen molar-refractivity contribution in [1.29, 1.82) is 0 Å². The number of hydrogen-bond acceptors (Lipinski definition) is 7. The van der Waals surface area contributed by atoms with Crippen molar-refractivity contribution < 1.29 is 4.74 Å². The van der Waals surface area contributed by atoms with Crippen molar-refractivity contribution >= 4 is 33.7 Å². The van der Waals surface area contributed by atoms with Gasteiger partial charge in [-0.2, -0.15) is 4.37 Å². The number of hydrogen-bond donors (Lipinski definition) is 1. The molecule has 98 valence electrons. The van der Waals surface area contributed by atoms with Gasteiger partial charge in [-0.25, -0.2) is 4.98 Å². The van der Waals surface area contributed by atoms with Crippen LogP contribution in [-0.4, -0.2) is 36.7 Å². The average Bonchev–Trinajstić information content (AvgIpc) is 2.92. The number of ether oxygens (including phenoxy) is 1. The Morgan fingerprint density at radius 3 is 2.89 bits per heavy atom. The lowest BCUT2D eigenvalue weighted by atomic mass is 10.3. The van der Waals surface area contributed by atoms with Crippen molar-refractivity contribution in [3.63, 3.8) is 0 Å². The molecule has 5 nitrogen and oxygen atoms in total. The Balaban J connectivity index is 2.32. The van der Waals surface area contributed by atoms with Crippen LogP contribution < -0.4 is 10.6 Å². The Bertz CT molecular complexity index is 523. The fourth-order valence-electron chi connectivity index (χ4n) is 1.55. The fourth-order valence-corrected chi connectivity index (χ4v) is 3.27. The van der Waals surface area contributed by atoms with Gasteiger partial charge in [-0.1, -0.05) is 0 Å². The molecule has 0 aliphatic rings. The number of methoxy groups -OCH3 is 1. The van der Waals surface area contributed by atoms with Gasteiger partial charge >= 0.3 is 0 Å². The quantitative estimate of drug-likeness (QED) is 0.912. The molecule has 0 fully saturated rings. The smallest absolute Gasteiger partial charge is 0.149 e. The number of nitrogens with zero attached hydrogens (tertiary/aromatic N) is 3. The second-order valence-electron chi connectivity index (χ2n) is 3.96. The molecule has 2 aromatic rings. The van der Waals surface area contributed by atoms with Crippen LogP contribution in [0.4, 0.5) is 10.8 Å². The Morgan fingerprint density at radius 1 is 1.50 bits per heavy atom. The molecule has 2 N–H and O–H groups in total. The third-order valence-corrected chi connectivity index (χ3v) is 4.47. The lowest BCUT2D eigenvalue weighted by molar-refractivity contribution is 0.206. The molecule has 0 aromatic carbocycles. The van der Waals surface area contributed by atoms with E-state index in [2.05, 4.69) is 14.3 Å². The molecule has 0 amide bonds. The summed E-state index contributed by atoms with van der Waals surface area (Å²) in [5, 5.41) is 3.99. The van der Waals surface area contributed by atoms with E-state index in [1.165, 1.54) is 11.5 Å². The summed E-state index contributed by atoms with van der Waals surface area (Å²) in [5.41, 5.74) is 7.90. The van der Waals surface area contributed by atoms with E-state index < -0.39 is 0 Å². The van der Waals surface area contributed by atoms with Crippen LogP contribution in [0.15, 0.2) is 5.38 Å². The van der Waals surface area contributed by atoms with E-state index in [-0.39, 0.29) is 0 Å². The van der Waals surface area contributed by atoms with Crippen LogP contribution in [0.3, 0.4) is 0 Å². The van der Waals surface area contributed by atoms with Crippen molar-refractivity contribution in [2.45, 2.75) is 6.92 Å². The minimum atomic E-state index is 0.550. The maximum Gasteiger partial charge on any atom is 0.149 e. The zero-order chi connectivity index (χ0) is 13.1. The molecule has 0 spiro atoms. The second kappa shape index (κ2) is 5.64. The summed E-state index contributed by atoms with van der Waals surface area (Å²) in [6.07, 6.45) is 0. The van der Waals surface area contributed by atoms with E-state index in [9.17, 15) is 0 Å². The molecular formula is C11H16N4OS2. The first-order valence-electron chi connectivity index (χ1n) is 5.51. The van der Waals surface area contributed by atoms with Crippen LogP contribution in [0.1, 0.15) is 5.69 Å². The highest BCUT2D eigenvalue weighted by Crippen LogP contribution is 2.39. The average molecular weight is 284 g/mol. The molecule has 0 saturated carbocycles. The molecule has 0 atom stereocenters. The van der Waals surface area contributed by atoms with Crippen LogP contribution in [-0.2, 0) is 4.74 Å². The molecule has 0 aliphatic heterocycles. The Morgan fingerprint density at radius 2 is 2.28 bits per heavy atom. The molecule has 0 saturated heterocycles. The topological polar surface area (TPSA) is 64.3 Å². The van der Waals surface area contributed by atoms with E-state index in [4.69, 9.17) is 10.5 Å². The minimum absolute atomic E-state index is 0.550. The standard InChI is InChI=1S/C11H16N4OS2/c1-7-6-17-10(13-7)8-9(12)14-18-11(8)15(2)4-5-16-3/h6H,4-5H2,1-3H3,(H2,12,14). The summed E-state index contributed by atoms with van der Waals surface area (Å²) in [4.78, 5) is 6.59. The van der Waals surface area contributed by atoms with Crippen LogP contribution in [0.2, 0.25) is 0 Å². The normalized spacial score (nSPS) is 10.8. The lowest BCUT2D eigenvalue weighted by Crippen LogP contribution is -2.21. The second-order valence-corrected chi connectivity index (χ2v) is 5.57. The largest absolute Gasteiger partial charge is 0.383 e. The van der Waals surface area contributed by atoms with Gasteiger partial charge in [-0.15, -0.1) is 11.3 Å². The summed E-state index contributed by atoms with van der Waals surface area (Å²) >= 11 is 3.00. The molecule has 0 radical (unpaired) electrons. The summed E-state index contributed by atoms with van der Waals surface area (Å²) in [6, 6.07) is 0. The van der Waals surface area contributed by atoms with E-state index in [0.29, 0.717) is 12.4 Å². The summed E-state index contributed by atoms with van der Waals surface area (Å²) in [7, 11) is 3.70. The van der Waals surface area contributed by atoms with Crippen LogP contribution in [0.25, 0.3) is 10.6 Å². The first-order chi connectivity index (χ1) is 8.63. The molecule has 0 bridgehead atoms. The number of aromatic nitrogens is 2. The van der Waals surface area contributed by atoms with Crippen LogP contribution >= 0.6 is 22.9 Å². The number of nitrogen functional groups attached to an aromatic ring is 1. The summed E-state index contributed by atoms with van der Waals surface area (Å²) in [6.45, 7) is 3.45. The number of thiazole rings is 1. The van der Waals surface area contributed by atoms with Gasteiger partial charge in [0.05, 0.1) is 12.2 Å². The highest BCUT2D eigenvalue weighted by Gasteiger charge is 2.19. The molecule has 0 unspecified atom stereocenters. The van der Waals surface area contributed by atoms with E-state index in [0.717, 1.165) is 27.8 Å². The molecule has 18 heavy (non-hydrogen) atoms. The Hall–Kier alpha value is -1.18. The van der Waals surface area contributed by atoms with Gasteiger partial charge in [-0.05, 0) is 18.5 Å². The van der Waals surface area contributed by atoms with Crippen molar-refractivity contribution in [2.75, 3.05) is 37.9 Å². The number of likely N-dealkylation sites (N-methyl/N-ethyl adjacent to an activating group) is 1. The highest BCUT2D eigenvalue weighted by atomic mass is 32.1. The van der Waals surface area contributed by atoms with Gasteiger partial charge in [0.15, 0.2) is 0 Å². The summed E-state index contributed by atoms with van der Waals surface area (Å²) in [5.74, 6) is 0.550.